The molecule has 0 spiro atoms. The van der Waals surface area contributed by atoms with Crippen LogP contribution in [0.15, 0.2) is 29.4 Å². The Balaban J connectivity index is 2.47. The molecule has 0 fully saturated rings. The minimum Gasteiger partial charge on any atom is -0.479 e. The Labute approximate surface area is 80.8 Å². The van der Waals surface area contributed by atoms with Gasteiger partial charge in [-0.3, -0.25) is 0 Å². The third kappa shape index (κ3) is 3.57. The van der Waals surface area contributed by atoms with Crippen LogP contribution in [0.2, 0.25) is 0 Å². The summed E-state index contributed by atoms with van der Waals surface area (Å²) in [5, 5.41) is 11.7. The highest BCUT2D eigenvalue weighted by molar-refractivity contribution is 5.80. The average Bonchev–Trinajstić information content (AvgIpc) is 2.12. The summed E-state index contributed by atoms with van der Waals surface area (Å²) in [5.74, 6) is -1.06. The molecule has 1 rings (SSSR count). The highest BCUT2D eigenvalue weighted by atomic mass is 16.6. The first kappa shape index (κ1) is 10.0. The van der Waals surface area contributed by atoms with Crippen molar-refractivity contribution in [3.8, 4) is 0 Å². The van der Waals surface area contributed by atoms with Gasteiger partial charge in [0, 0.05) is 5.69 Å². The first-order chi connectivity index (χ1) is 6.68. The summed E-state index contributed by atoms with van der Waals surface area (Å²) in [6.07, 6.45) is 1.40. The van der Waals surface area contributed by atoms with E-state index in [1.165, 1.54) is 6.21 Å². The maximum absolute atomic E-state index is 10.0. The van der Waals surface area contributed by atoms with Gasteiger partial charge in [-0.05, 0) is 17.7 Å². The summed E-state index contributed by atoms with van der Waals surface area (Å²) in [7, 11) is 0. The number of carboxylic acids is 1. The number of carboxylic acid groups (broad SMARTS) is 1. The van der Waals surface area contributed by atoms with Gasteiger partial charge < -0.3 is 15.7 Å². The van der Waals surface area contributed by atoms with Gasteiger partial charge >= 0.3 is 5.97 Å². The Morgan fingerprint density at radius 2 is 2.43 bits per heavy atom. The SMILES string of the molecule is Nc1cccc(/C=N/OCC(=O)O)c1. The molecule has 0 unspecified atom stereocenters. The number of nitrogens with zero attached hydrogens (tertiary/aromatic N) is 1. The van der Waals surface area contributed by atoms with Gasteiger partial charge in [-0.2, -0.15) is 0 Å². The van der Waals surface area contributed by atoms with Gasteiger partial charge in [0.1, 0.15) is 0 Å². The molecule has 14 heavy (non-hydrogen) atoms. The first-order valence-electron chi connectivity index (χ1n) is 3.91. The van der Waals surface area contributed by atoms with Crippen molar-refractivity contribution in [1.29, 1.82) is 0 Å². The van der Waals surface area contributed by atoms with Crippen LogP contribution in [-0.4, -0.2) is 23.9 Å². The quantitative estimate of drug-likeness (QED) is 0.420. The smallest absolute Gasteiger partial charge is 0.344 e. The molecule has 74 valence electrons. The predicted molar refractivity (Wildman–Crippen MR) is 52.0 cm³/mol. The Morgan fingerprint density at radius 1 is 1.64 bits per heavy atom. The van der Waals surface area contributed by atoms with Crippen molar-refractivity contribution in [2.45, 2.75) is 0 Å². The maximum Gasteiger partial charge on any atom is 0.344 e. The highest BCUT2D eigenvalue weighted by Crippen LogP contribution is 2.03. The molecule has 0 aliphatic rings. The van der Waals surface area contributed by atoms with E-state index in [9.17, 15) is 4.79 Å². The fourth-order valence-corrected chi connectivity index (χ4v) is 0.830. The number of benzene rings is 1. The summed E-state index contributed by atoms with van der Waals surface area (Å²) in [6, 6.07) is 7.00. The highest BCUT2D eigenvalue weighted by Gasteiger charge is 1.93. The normalized spacial score (nSPS) is 10.3. The van der Waals surface area contributed by atoms with E-state index in [1.807, 2.05) is 0 Å². The number of carbonyl (C=O) groups is 1. The predicted octanol–water partition coefficient (Wildman–Crippen LogP) is 0.704. The van der Waals surface area contributed by atoms with Crippen LogP contribution in [-0.2, 0) is 9.63 Å². The topological polar surface area (TPSA) is 84.9 Å². The van der Waals surface area contributed by atoms with Gasteiger partial charge in [-0.1, -0.05) is 17.3 Å². The lowest BCUT2D eigenvalue weighted by molar-refractivity contribution is -0.142. The van der Waals surface area contributed by atoms with E-state index in [2.05, 4.69) is 9.99 Å². The summed E-state index contributed by atoms with van der Waals surface area (Å²) < 4.78 is 0. The van der Waals surface area contributed by atoms with Crippen LogP contribution in [0, 0.1) is 0 Å². The van der Waals surface area contributed by atoms with E-state index in [0.717, 1.165) is 5.56 Å². The third-order valence-corrected chi connectivity index (χ3v) is 1.38. The standard InChI is InChI=1S/C9H10N2O3/c10-8-3-1-2-7(4-8)5-11-14-6-9(12)13/h1-5H,6,10H2,(H,12,13)/b11-5+. The molecule has 0 saturated carbocycles. The molecule has 0 amide bonds. The Kier molecular flexibility index (Phi) is 3.49. The van der Waals surface area contributed by atoms with Crippen molar-refractivity contribution in [2.24, 2.45) is 5.16 Å². The van der Waals surface area contributed by atoms with E-state index >= 15 is 0 Å². The monoisotopic (exact) mass is 194 g/mol. The van der Waals surface area contributed by atoms with Gasteiger partial charge in [-0.15, -0.1) is 0 Å². The third-order valence-electron chi connectivity index (χ3n) is 1.38. The molecule has 1 aromatic rings. The zero-order chi connectivity index (χ0) is 10.4. The molecule has 0 bridgehead atoms. The number of hydrogen-bond acceptors (Lipinski definition) is 4. The molecule has 0 aliphatic heterocycles. The molecule has 5 nitrogen and oxygen atoms in total. The largest absolute Gasteiger partial charge is 0.479 e. The number of oxime groups is 1. The molecule has 0 heterocycles. The number of nitrogen functional groups attached to an aromatic ring is 1. The van der Waals surface area contributed by atoms with E-state index in [4.69, 9.17) is 10.8 Å². The molecular weight excluding hydrogens is 184 g/mol. The van der Waals surface area contributed by atoms with Crippen molar-refractivity contribution >= 4 is 17.9 Å². The summed E-state index contributed by atoms with van der Waals surface area (Å²) in [4.78, 5) is 14.5. The summed E-state index contributed by atoms with van der Waals surface area (Å²) in [5.41, 5.74) is 6.89. The van der Waals surface area contributed by atoms with Gasteiger partial charge in [0.2, 0.25) is 6.61 Å². The molecule has 1 aromatic carbocycles. The number of hydrogen-bond donors (Lipinski definition) is 2. The Morgan fingerprint density at radius 3 is 3.07 bits per heavy atom. The zero-order valence-electron chi connectivity index (χ0n) is 7.38. The van der Waals surface area contributed by atoms with Gasteiger partial charge in [0.05, 0.1) is 6.21 Å². The second-order valence-electron chi connectivity index (χ2n) is 2.57. The lowest BCUT2D eigenvalue weighted by Crippen LogP contribution is -2.03. The summed E-state index contributed by atoms with van der Waals surface area (Å²) in [6.45, 7) is -0.446. The Bertz CT molecular complexity index is 350. The average molecular weight is 194 g/mol. The molecule has 3 N–H and O–H groups in total. The van der Waals surface area contributed by atoms with Gasteiger partial charge in [0.15, 0.2) is 0 Å². The number of nitrogens with two attached hydrogens (primary N) is 1. The molecule has 0 saturated heterocycles. The van der Waals surface area contributed by atoms with Crippen LogP contribution < -0.4 is 5.73 Å². The molecule has 0 radical (unpaired) electrons. The second-order valence-corrected chi connectivity index (χ2v) is 2.57. The Hall–Kier alpha value is -2.04. The van der Waals surface area contributed by atoms with Crippen molar-refractivity contribution in [3.63, 3.8) is 0 Å². The molecule has 0 aromatic heterocycles. The van der Waals surface area contributed by atoms with Crippen molar-refractivity contribution in [2.75, 3.05) is 12.3 Å². The van der Waals surface area contributed by atoms with E-state index in [1.54, 1.807) is 24.3 Å². The number of anilines is 1. The maximum atomic E-state index is 10.0. The zero-order valence-corrected chi connectivity index (χ0v) is 7.38. The van der Waals surface area contributed by atoms with Crippen molar-refractivity contribution in [3.05, 3.63) is 29.8 Å². The minimum absolute atomic E-state index is 0.446. The molecule has 5 heteroatoms. The van der Waals surface area contributed by atoms with Gasteiger partial charge in [-0.25, -0.2) is 4.79 Å². The van der Waals surface area contributed by atoms with Crippen molar-refractivity contribution in [1.82, 2.24) is 0 Å². The number of aliphatic carboxylic acids is 1. The number of rotatable bonds is 4. The minimum atomic E-state index is -1.06. The van der Waals surface area contributed by atoms with Gasteiger partial charge in [0.25, 0.3) is 0 Å². The lowest BCUT2D eigenvalue weighted by atomic mass is 10.2. The fourth-order valence-electron chi connectivity index (χ4n) is 0.830. The fraction of sp³-hybridized carbons (Fsp3) is 0.111. The van der Waals surface area contributed by atoms with Crippen LogP contribution in [0.3, 0.4) is 0 Å². The van der Waals surface area contributed by atoms with E-state index in [0.29, 0.717) is 5.69 Å². The second kappa shape index (κ2) is 4.86. The molecule has 0 aliphatic carbocycles. The summed E-state index contributed by atoms with van der Waals surface area (Å²) >= 11 is 0. The molecular formula is C9H10N2O3. The van der Waals surface area contributed by atoms with Crippen LogP contribution in [0.25, 0.3) is 0 Å². The van der Waals surface area contributed by atoms with Crippen LogP contribution >= 0.6 is 0 Å². The first-order valence-corrected chi connectivity index (χ1v) is 3.91. The van der Waals surface area contributed by atoms with Crippen LogP contribution in [0.1, 0.15) is 5.56 Å². The van der Waals surface area contributed by atoms with Crippen LogP contribution in [0.4, 0.5) is 5.69 Å². The van der Waals surface area contributed by atoms with E-state index < -0.39 is 12.6 Å². The van der Waals surface area contributed by atoms with Crippen LogP contribution in [0.5, 0.6) is 0 Å². The van der Waals surface area contributed by atoms with E-state index in [-0.39, 0.29) is 0 Å². The lowest BCUT2D eigenvalue weighted by Gasteiger charge is -1.95. The molecule has 0 atom stereocenters. The van der Waals surface area contributed by atoms with Crippen molar-refractivity contribution < 1.29 is 14.7 Å².